The molecule has 1 amide bonds. The van der Waals surface area contributed by atoms with Gasteiger partial charge in [0, 0.05) is 30.4 Å². The highest BCUT2D eigenvalue weighted by molar-refractivity contribution is 5.96. The first-order valence-electron chi connectivity index (χ1n) is 9.12. The van der Waals surface area contributed by atoms with Crippen LogP contribution in [0.2, 0.25) is 0 Å². The summed E-state index contributed by atoms with van der Waals surface area (Å²) in [6.45, 7) is 8.18. The molecule has 1 aromatic heterocycles. The molecule has 1 aromatic carbocycles. The van der Waals surface area contributed by atoms with Gasteiger partial charge in [-0.1, -0.05) is 26.8 Å². The Morgan fingerprint density at radius 3 is 2.31 bits per heavy atom. The van der Waals surface area contributed by atoms with Gasteiger partial charge >= 0.3 is 0 Å². The van der Waals surface area contributed by atoms with E-state index in [9.17, 15) is 9.18 Å². The molecule has 0 aliphatic carbocycles. The molecule has 0 N–H and O–H groups in total. The standard InChI is InChI=1S/C21H26FN3O/c1-21(2,3)20(26)25(18-9-7-17(22)8-10-18)15-16-6-11-19(23-14-16)24-12-4-5-13-24/h6-11,14H,4-5,12-13,15H2,1-3H3. The number of aromatic nitrogens is 1. The van der Waals surface area contributed by atoms with Crippen LogP contribution in [0.1, 0.15) is 39.2 Å². The number of halogens is 1. The van der Waals surface area contributed by atoms with E-state index in [0.717, 1.165) is 24.5 Å². The Bertz CT molecular complexity index is 744. The zero-order valence-electron chi connectivity index (χ0n) is 15.7. The van der Waals surface area contributed by atoms with Crippen LogP contribution in [0, 0.1) is 11.2 Å². The number of carbonyl (C=O) groups is 1. The van der Waals surface area contributed by atoms with Crippen LogP contribution in [0.4, 0.5) is 15.9 Å². The first-order chi connectivity index (χ1) is 12.3. The van der Waals surface area contributed by atoms with Crippen LogP contribution >= 0.6 is 0 Å². The van der Waals surface area contributed by atoms with E-state index in [1.807, 2.05) is 39.1 Å². The molecule has 0 spiro atoms. The number of nitrogens with zero attached hydrogens (tertiary/aromatic N) is 3. The van der Waals surface area contributed by atoms with E-state index in [1.165, 1.54) is 25.0 Å². The smallest absolute Gasteiger partial charge is 0.232 e. The summed E-state index contributed by atoms with van der Waals surface area (Å²) >= 11 is 0. The highest BCUT2D eigenvalue weighted by atomic mass is 19.1. The molecular weight excluding hydrogens is 329 g/mol. The van der Waals surface area contributed by atoms with Gasteiger partial charge in [-0.3, -0.25) is 4.79 Å². The molecule has 3 rings (SSSR count). The van der Waals surface area contributed by atoms with Gasteiger partial charge in [0.05, 0.1) is 6.54 Å². The molecule has 1 aliphatic heterocycles. The minimum Gasteiger partial charge on any atom is -0.357 e. The third-order valence-electron chi connectivity index (χ3n) is 4.60. The highest BCUT2D eigenvalue weighted by Crippen LogP contribution is 2.26. The van der Waals surface area contributed by atoms with Gasteiger partial charge in [0.2, 0.25) is 5.91 Å². The molecule has 0 radical (unpaired) electrons. The van der Waals surface area contributed by atoms with Gasteiger partial charge in [-0.25, -0.2) is 9.37 Å². The fraction of sp³-hybridized carbons (Fsp3) is 0.429. The Labute approximate surface area is 154 Å². The molecule has 4 nitrogen and oxygen atoms in total. The van der Waals surface area contributed by atoms with E-state index in [-0.39, 0.29) is 11.7 Å². The predicted molar refractivity (Wildman–Crippen MR) is 103 cm³/mol. The lowest BCUT2D eigenvalue weighted by atomic mass is 9.94. The number of amides is 1. The highest BCUT2D eigenvalue weighted by Gasteiger charge is 2.28. The van der Waals surface area contributed by atoms with Gasteiger partial charge in [0.1, 0.15) is 11.6 Å². The Hall–Kier alpha value is -2.43. The van der Waals surface area contributed by atoms with E-state index in [2.05, 4.69) is 9.88 Å². The van der Waals surface area contributed by atoms with Gasteiger partial charge in [-0.05, 0) is 48.7 Å². The Morgan fingerprint density at radius 2 is 1.77 bits per heavy atom. The molecule has 2 aromatic rings. The third kappa shape index (κ3) is 4.21. The number of hydrogen-bond donors (Lipinski definition) is 0. The quantitative estimate of drug-likeness (QED) is 0.816. The molecular formula is C21H26FN3O. The maximum Gasteiger partial charge on any atom is 0.232 e. The zero-order chi connectivity index (χ0) is 18.7. The fourth-order valence-corrected chi connectivity index (χ4v) is 3.13. The lowest BCUT2D eigenvalue weighted by Crippen LogP contribution is -2.39. The first kappa shape index (κ1) is 18.4. The summed E-state index contributed by atoms with van der Waals surface area (Å²) in [4.78, 5) is 21.5. The van der Waals surface area contributed by atoms with Crippen molar-refractivity contribution in [1.82, 2.24) is 4.98 Å². The second-order valence-electron chi connectivity index (χ2n) is 7.84. The molecule has 1 fully saturated rings. The van der Waals surface area contributed by atoms with Crippen molar-refractivity contribution in [3.8, 4) is 0 Å². The van der Waals surface area contributed by atoms with Crippen LogP contribution in [0.5, 0.6) is 0 Å². The van der Waals surface area contributed by atoms with Crippen LogP contribution in [0.25, 0.3) is 0 Å². The molecule has 1 saturated heterocycles. The number of benzene rings is 1. The van der Waals surface area contributed by atoms with Crippen molar-refractivity contribution in [3.63, 3.8) is 0 Å². The van der Waals surface area contributed by atoms with Crippen molar-refractivity contribution in [1.29, 1.82) is 0 Å². The van der Waals surface area contributed by atoms with Crippen molar-refractivity contribution in [3.05, 3.63) is 54.0 Å². The van der Waals surface area contributed by atoms with Crippen LogP contribution < -0.4 is 9.80 Å². The number of rotatable bonds is 4. The van der Waals surface area contributed by atoms with Crippen molar-refractivity contribution < 1.29 is 9.18 Å². The Balaban J connectivity index is 1.83. The largest absolute Gasteiger partial charge is 0.357 e. The van der Waals surface area contributed by atoms with Gasteiger partial charge in [-0.2, -0.15) is 0 Å². The molecule has 1 aliphatic rings. The number of pyridine rings is 1. The van der Waals surface area contributed by atoms with E-state index in [4.69, 9.17) is 0 Å². The minimum atomic E-state index is -0.530. The van der Waals surface area contributed by atoms with E-state index >= 15 is 0 Å². The fourth-order valence-electron chi connectivity index (χ4n) is 3.13. The zero-order valence-corrected chi connectivity index (χ0v) is 15.7. The average molecular weight is 355 g/mol. The first-order valence-corrected chi connectivity index (χ1v) is 9.12. The van der Waals surface area contributed by atoms with Crippen LogP contribution in [-0.2, 0) is 11.3 Å². The third-order valence-corrected chi connectivity index (χ3v) is 4.60. The summed E-state index contributed by atoms with van der Waals surface area (Å²) in [5.74, 6) is 0.669. The van der Waals surface area contributed by atoms with Gasteiger partial charge in [0.25, 0.3) is 0 Å². The Kier molecular flexibility index (Phi) is 5.25. The van der Waals surface area contributed by atoms with Crippen molar-refractivity contribution >= 4 is 17.4 Å². The molecule has 5 heteroatoms. The lowest BCUT2D eigenvalue weighted by molar-refractivity contribution is -0.125. The van der Waals surface area contributed by atoms with E-state index in [0.29, 0.717) is 12.2 Å². The van der Waals surface area contributed by atoms with Crippen LogP contribution in [0.15, 0.2) is 42.6 Å². The number of carbonyl (C=O) groups excluding carboxylic acids is 1. The summed E-state index contributed by atoms with van der Waals surface area (Å²) < 4.78 is 13.3. The molecule has 2 heterocycles. The SMILES string of the molecule is CC(C)(C)C(=O)N(Cc1ccc(N2CCCC2)nc1)c1ccc(F)cc1. The van der Waals surface area contributed by atoms with E-state index in [1.54, 1.807) is 17.0 Å². The number of hydrogen-bond acceptors (Lipinski definition) is 3. The normalized spacial score (nSPS) is 14.5. The Morgan fingerprint density at radius 1 is 1.12 bits per heavy atom. The summed E-state index contributed by atoms with van der Waals surface area (Å²) in [5.41, 5.74) is 1.11. The molecule has 0 atom stereocenters. The van der Waals surface area contributed by atoms with Crippen molar-refractivity contribution in [2.24, 2.45) is 5.41 Å². The molecule has 26 heavy (non-hydrogen) atoms. The molecule has 0 unspecified atom stereocenters. The number of anilines is 2. The van der Waals surface area contributed by atoms with Crippen molar-refractivity contribution in [2.75, 3.05) is 22.9 Å². The van der Waals surface area contributed by atoms with Gasteiger partial charge in [0.15, 0.2) is 0 Å². The minimum absolute atomic E-state index is 0.00673. The topological polar surface area (TPSA) is 36.4 Å². The molecule has 138 valence electrons. The summed E-state index contributed by atoms with van der Waals surface area (Å²) in [7, 11) is 0. The summed E-state index contributed by atoms with van der Waals surface area (Å²) in [5, 5.41) is 0. The predicted octanol–water partition coefficient (Wildman–Crippen LogP) is 4.40. The van der Waals surface area contributed by atoms with Crippen LogP contribution in [0.3, 0.4) is 0 Å². The molecule has 0 saturated carbocycles. The van der Waals surface area contributed by atoms with E-state index < -0.39 is 5.41 Å². The second-order valence-corrected chi connectivity index (χ2v) is 7.84. The summed E-state index contributed by atoms with van der Waals surface area (Å²) in [6, 6.07) is 10.1. The maximum atomic E-state index is 13.3. The monoisotopic (exact) mass is 355 g/mol. The lowest BCUT2D eigenvalue weighted by Gasteiger charge is -2.30. The van der Waals surface area contributed by atoms with Gasteiger partial charge in [-0.15, -0.1) is 0 Å². The molecule has 0 bridgehead atoms. The second kappa shape index (κ2) is 7.44. The summed E-state index contributed by atoms with van der Waals surface area (Å²) in [6.07, 6.45) is 4.25. The van der Waals surface area contributed by atoms with Crippen molar-refractivity contribution in [2.45, 2.75) is 40.2 Å². The van der Waals surface area contributed by atoms with Gasteiger partial charge < -0.3 is 9.80 Å². The average Bonchev–Trinajstić information content (AvgIpc) is 3.14. The van der Waals surface area contributed by atoms with Crippen LogP contribution in [-0.4, -0.2) is 24.0 Å². The maximum absolute atomic E-state index is 13.3.